The fourth-order valence-electron chi connectivity index (χ4n) is 5.32. The molecule has 0 spiro atoms. The first-order valence-electron chi connectivity index (χ1n) is 15.5. The molecule has 0 aromatic heterocycles. The number of nitro groups is 1. The number of anilines is 1. The van der Waals surface area contributed by atoms with E-state index < -0.39 is 40.5 Å². The minimum absolute atomic E-state index is 0.133. The lowest BCUT2D eigenvalue weighted by Gasteiger charge is -2.33. The summed E-state index contributed by atoms with van der Waals surface area (Å²) in [5, 5.41) is 39.8. The molecule has 4 atom stereocenters. The zero-order valence-electron chi connectivity index (χ0n) is 26.1. The molecular weight excluding hydrogens is 614 g/mol. The van der Waals surface area contributed by atoms with Gasteiger partial charge in [-0.15, -0.1) is 0 Å². The topological polar surface area (TPSA) is 218 Å². The van der Waals surface area contributed by atoms with Crippen molar-refractivity contribution in [1.82, 2.24) is 16.0 Å². The van der Waals surface area contributed by atoms with Crippen LogP contribution in [0, 0.1) is 27.9 Å². The molecule has 0 aliphatic heterocycles. The molecule has 2 aromatic rings. The summed E-state index contributed by atoms with van der Waals surface area (Å²) in [5.41, 5.74) is 0.952. The van der Waals surface area contributed by atoms with E-state index in [1.807, 2.05) is 18.2 Å². The van der Waals surface area contributed by atoms with Crippen LogP contribution in [0.15, 0.2) is 54.6 Å². The number of carbonyl (C=O) groups excluding carboxylic acids is 4. The molecule has 1 aliphatic carbocycles. The van der Waals surface area contributed by atoms with Gasteiger partial charge in [0.05, 0.1) is 44.6 Å². The molecule has 1 saturated carbocycles. The molecule has 2 aromatic carbocycles. The number of rotatable bonds is 19. The molecule has 1 unspecified atom stereocenters. The van der Waals surface area contributed by atoms with Crippen molar-refractivity contribution in [1.29, 1.82) is 0 Å². The molecule has 3 rings (SSSR count). The molecule has 4 amide bonds. The van der Waals surface area contributed by atoms with Crippen molar-refractivity contribution in [2.24, 2.45) is 17.8 Å². The van der Waals surface area contributed by atoms with Gasteiger partial charge in [-0.05, 0) is 37.0 Å². The molecule has 15 nitrogen and oxygen atoms in total. The Hall–Kier alpha value is -4.44. The van der Waals surface area contributed by atoms with Crippen molar-refractivity contribution >= 4 is 35.0 Å². The predicted molar refractivity (Wildman–Crippen MR) is 170 cm³/mol. The average molecular weight is 658 g/mol. The van der Waals surface area contributed by atoms with Gasteiger partial charge in [-0.2, -0.15) is 0 Å². The summed E-state index contributed by atoms with van der Waals surface area (Å²) in [6.07, 6.45) is 0.666. The Morgan fingerprint density at radius 2 is 1.28 bits per heavy atom. The fraction of sp³-hybridized carbons (Fsp3) is 0.500. The van der Waals surface area contributed by atoms with Crippen LogP contribution in [0.1, 0.15) is 24.8 Å². The van der Waals surface area contributed by atoms with E-state index >= 15 is 0 Å². The quantitative estimate of drug-likeness (QED) is 0.0700. The van der Waals surface area contributed by atoms with E-state index in [1.54, 1.807) is 12.1 Å². The van der Waals surface area contributed by atoms with Crippen LogP contribution in [0.3, 0.4) is 0 Å². The predicted octanol–water partition coefficient (Wildman–Crippen LogP) is 0.544. The van der Waals surface area contributed by atoms with Gasteiger partial charge >= 0.3 is 0 Å². The van der Waals surface area contributed by atoms with Gasteiger partial charge < -0.3 is 41.0 Å². The van der Waals surface area contributed by atoms with E-state index in [0.717, 1.165) is 5.56 Å². The van der Waals surface area contributed by atoms with E-state index in [0.29, 0.717) is 5.69 Å². The third-order valence-corrected chi connectivity index (χ3v) is 7.64. The van der Waals surface area contributed by atoms with Crippen LogP contribution < -0.4 is 21.3 Å². The van der Waals surface area contributed by atoms with Crippen LogP contribution in [0.25, 0.3) is 0 Å². The van der Waals surface area contributed by atoms with Gasteiger partial charge in [-0.1, -0.05) is 30.3 Å². The van der Waals surface area contributed by atoms with Crippen molar-refractivity contribution in [2.45, 2.75) is 31.7 Å². The number of amides is 4. The number of aliphatic hydroxyl groups is 2. The molecule has 1 aliphatic rings. The largest absolute Gasteiger partial charge is 0.394 e. The highest BCUT2D eigenvalue weighted by atomic mass is 16.6. The van der Waals surface area contributed by atoms with E-state index in [4.69, 9.17) is 19.7 Å². The van der Waals surface area contributed by atoms with Crippen LogP contribution >= 0.6 is 0 Å². The molecule has 0 bridgehead atoms. The standard InChI is InChI=1S/C32H43N5O10/c38-12-16-46-14-10-33-29(40)23-19-24(30(41)34-11-15-47-17-13-39)21-25(20-23)31(42)36-28(18-22-4-2-1-3-5-22)32(43)35-26-6-8-27(9-7-26)37(44)45/h1-9,23-25,28,38-39H,10-21H2,(H,33,40)(H,34,41)(H,35,43)(H,36,42)/t23-,24+,25?,28-/m0/s1. The fourth-order valence-corrected chi connectivity index (χ4v) is 5.32. The maximum absolute atomic E-state index is 13.8. The highest BCUT2D eigenvalue weighted by Crippen LogP contribution is 2.34. The van der Waals surface area contributed by atoms with Crippen LogP contribution in [0.2, 0.25) is 0 Å². The van der Waals surface area contributed by atoms with E-state index in [9.17, 15) is 29.3 Å². The van der Waals surface area contributed by atoms with Crippen LogP contribution in [0.5, 0.6) is 0 Å². The molecule has 1 fully saturated rings. The number of hydrogen-bond donors (Lipinski definition) is 6. The van der Waals surface area contributed by atoms with Gasteiger partial charge in [0.1, 0.15) is 6.04 Å². The monoisotopic (exact) mass is 657 g/mol. The first kappa shape index (κ1) is 37.0. The summed E-state index contributed by atoms with van der Waals surface area (Å²) < 4.78 is 10.4. The van der Waals surface area contributed by atoms with Crippen molar-refractivity contribution < 1.29 is 43.8 Å². The smallest absolute Gasteiger partial charge is 0.269 e. The third-order valence-electron chi connectivity index (χ3n) is 7.64. The number of nitrogens with one attached hydrogen (secondary N) is 4. The van der Waals surface area contributed by atoms with Gasteiger partial charge in [0, 0.05) is 55.1 Å². The maximum atomic E-state index is 13.8. The Bertz CT molecular complexity index is 1280. The summed E-state index contributed by atoms with van der Waals surface area (Å²) in [6.45, 7) is 0.720. The number of ether oxygens (including phenoxy) is 2. The second-order valence-electron chi connectivity index (χ2n) is 11.1. The minimum atomic E-state index is -1.03. The number of nitrogens with zero attached hydrogens (tertiary/aromatic N) is 1. The first-order valence-corrected chi connectivity index (χ1v) is 15.5. The van der Waals surface area contributed by atoms with Crippen molar-refractivity contribution in [3.05, 3.63) is 70.3 Å². The SMILES string of the molecule is O=C(N[C@@H](Cc1ccccc1)C(=O)Nc1ccc([N+](=O)[O-])cc1)C1C[C@@H](C(=O)NCCOCCO)C[C@@H](C(=O)NCCOCCO)C1. The Morgan fingerprint density at radius 3 is 1.77 bits per heavy atom. The summed E-state index contributed by atoms with van der Waals surface area (Å²) in [6, 6.07) is 13.3. The number of non-ortho nitro benzene ring substituents is 1. The van der Waals surface area contributed by atoms with Crippen LogP contribution in [0.4, 0.5) is 11.4 Å². The lowest BCUT2D eigenvalue weighted by atomic mass is 9.74. The summed E-state index contributed by atoms with van der Waals surface area (Å²) in [4.78, 5) is 63.9. The molecule has 15 heteroatoms. The van der Waals surface area contributed by atoms with Gasteiger partial charge in [-0.3, -0.25) is 29.3 Å². The third kappa shape index (κ3) is 12.7. The van der Waals surface area contributed by atoms with Gasteiger partial charge in [0.15, 0.2) is 0 Å². The van der Waals surface area contributed by atoms with Crippen molar-refractivity contribution in [2.75, 3.05) is 58.0 Å². The molecule has 47 heavy (non-hydrogen) atoms. The van der Waals surface area contributed by atoms with E-state index in [1.165, 1.54) is 24.3 Å². The summed E-state index contributed by atoms with van der Waals surface area (Å²) in [5.74, 6) is -3.80. The Balaban J connectivity index is 1.74. The van der Waals surface area contributed by atoms with Gasteiger partial charge in [0.25, 0.3) is 5.69 Å². The first-order chi connectivity index (χ1) is 22.7. The normalized spacial score (nSPS) is 18.0. The zero-order valence-corrected chi connectivity index (χ0v) is 26.1. The summed E-state index contributed by atoms with van der Waals surface area (Å²) >= 11 is 0. The number of benzene rings is 2. The molecule has 6 N–H and O–H groups in total. The average Bonchev–Trinajstić information content (AvgIpc) is 3.08. The number of aliphatic hydroxyl groups excluding tert-OH is 2. The van der Waals surface area contributed by atoms with Crippen LogP contribution in [-0.2, 0) is 35.1 Å². The molecular formula is C32H43N5O10. The van der Waals surface area contributed by atoms with Crippen molar-refractivity contribution in [3.63, 3.8) is 0 Å². The lowest BCUT2D eigenvalue weighted by molar-refractivity contribution is -0.384. The lowest BCUT2D eigenvalue weighted by Crippen LogP contribution is -2.50. The van der Waals surface area contributed by atoms with Gasteiger partial charge in [0.2, 0.25) is 23.6 Å². The number of carbonyl (C=O) groups is 4. The second kappa shape index (κ2) is 19.9. The minimum Gasteiger partial charge on any atom is -0.394 e. The molecule has 0 radical (unpaired) electrons. The maximum Gasteiger partial charge on any atom is 0.269 e. The van der Waals surface area contributed by atoms with Crippen LogP contribution in [-0.4, -0.2) is 97.5 Å². The highest BCUT2D eigenvalue weighted by molar-refractivity contribution is 5.98. The molecule has 256 valence electrons. The Kier molecular flexibility index (Phi) is 15.7. The van der Waals surface area contributed by atoms with Gasteiger partial charge in [-0.25, -0.2) is 0 Å². The van der Waals surface area contributed by atoms with Crippen molar-refractivity contribution in [3.8, 4) is 0 Å². The summed E-state index contributed by atoms with van der Waals surface area (Å²) in [7, 11) is 0. The highest BCUT2D eigenvalue weighted by Gasteiger charge is 2.40. The number of nitro benzene ring substituents is 1. The zero-order chi connectivity index (χ0) is 34.0. The Labute approximate surface area is 272 Å². The Morgan fingerprint density at radius 1 is 0.766 bits per heavy atom. The van der Waals surface area contributed by atoms with E-state index in [-0.39, 0.29) is 95.9 Å². The van der Waals surface area contributed by atoms with E-state index in [2.05, 4.69) is 21.3 Å². The number of hydrogen-bond acceptors (Lipinski definition) is 10. The second-order valence-corrected chi connectivity index (χ2v) is 11.1. The molecule has 0 heterocycles. The molecule has 0 saturated heterocycles.